The summed E-state index contributed by atoms with van der Waals surface area (Å²) in [6.45, 7) is 11.7. The quantitative estimate of drug-likeness (QED) is 0.381. The van der Waals surface area contributed by atoms with E-state index in [1.54, 1.807) is 0 Å². The van der Waals surface area contributed by atoms with Crippen LogP contribution < -0.4 is 5.73 Å². The van der Waals surface area contributed by atoms with Crippen molar-refractivity contribution in [1.82, 2.24) is 9.80 Å². The topological polar surface area (TPSA) is 63.3 Å². The Hall–Kier alpha value is -0.120. The summed E-state index contributed by atoms with van der Waals surface area (Å²) in [5, 5.41) is 0. The molecule has 0 amide bonds. The second-order valence-electron chi connectivity index (χ2n) is 7.68. The van der Waals surface area contributed by atoms with Crippen LogP contribution >= 0.6 is 24.0 Å². The summed E-state index contributed by atoms with van der Waals surface area (Å²) in [7, 11) is 0. The van der Waals surface area contributed by atoms with E-state index in [4.69, 9.17) is 20.2 Å². The van der Waals surface area contributed by atoms with Gasteiger partial charge in [0.2, 0.25) is 0 Å². The average Bonchev–Trinajstić information content (AvgIpc) is 2.57. The lowest BCUT2D eigenvalue weighted by Gasteiger charge is -2.54. The zero-order valence-corrected chi connectivity index (χ0v) is 18.1. The second kappa shape index (κ2) is 9.71. The molecule has 0 aromatic heterocycles. The highest BCUT2D eigenvalue weighted by Crippen LogP contribution is 2.40. The van der Waals surface area contributed by atoms with E-state index in [1.807, 2.05) is 0 Å². The van der Waals surface area contributed by atoms with E-state index in [0.29, 0.717) is 12.0 Å². The molecule has 2 saturated heterocycles. The molecule has 1 saturated carbocycles. The highest BCUT2D eigenvalue weighted by molar-refractivity contribution is 14.0. The van der Waals surface area contributed by atoms with E-state index in [1.165, 1.54) is 12.8 Å². The lowest BCUT2D eigenvalue weighted by atomic mass is 9.72. The summed E-state index contributed by atoms with van der Waals surface area (Å²) in [6, 6.07) is 0. The molecule has 1 unspecified atom stereocenters. The molecule has 25 heavy (non-hydrogen) atoms. The minimum Gasteiger partial charge on any atom is -0.379 e. The fraction of sp³-hybridized carbons (Fsp3) is 0.944. The predicted octanol–water partition coefficient (Wildman–Crippen LogP) is 1.92. The van der Waals surface area contributed by atoms with Crippen molar-refractivity contribution < 1.29 is 9.47 Å². The second-order valence-corrected chi connectivity index (χ2v) is 7.68. The molecule has 2 aliphatic heterocycles. The first-order valence-corrected chi connectivity index (χ1v) is 9.62. The number of ether oxygens (including phenoxy) is 2. The highest BCUT2D eigenvalue weighted by atomic mass is 127. The van der Waals surface area contributed by atoms with Crippen LogP contribution in [0.3, 0.4) is 0 Å². The van der Waals surface area contributed by atoms with E-state index in [2.05, 4.69) is 23.6 Å². The molecule has 146 valence electrons. The van der Waals surface area contributed by atoms with E-state index < -0.39 is 0 Å². The van der Waals surface area contributed by atoms with Gasteiger partial charge in [0, 0.05) is 38.3 Å². The van der Waals surface area contributed by atoms with Gasteiger partial charge in [-0.2, -0.15) is 0 Å². The molecule has 1 aliphatic carbocycles. The van der Waals surface area contributed by atoms with Crippen molar-refractivity contribution in [3.63, 3.8) is 0 Å². The Morgan fingerprint density at radius 3 is 2.64 bits per heavy atom. The summed E-state index contributed by atoms with van der Waals surface area (Å²) in [6.07, 6.45) is 5.03. The lowest BCUT2D eigenvalue weighted by molar-refractivity contribution is -0.122. The molecule has 6 nitrogen and oxygen atoms in total. The van der Waals surface area contributed by atoms with Crippen LogP contribution in [0.15, 0.2) is 4.99 Å². The predicted molar refractivity (Wildman–Crippen MR) is 112 cm³/mol. The fourth-order valence-corrected chi connectivity index (χ4v) is 4.39. The first-order valence-electron chi connectivity index (χ1n) is 9.62. The maximum atomic E-state index is 6.32. The maximum absolute atomic E-state index is 6.32. The molecule has 3 rings (SSSR count). The summed E-state index contributed by atoms with van der Waals surface area (Å²) in [5.74, 6) is 1.45. The first kappa shape index (κ1) is 21.2. The lowest BCUT2D eigenvalue weighted by Crippen LogP contribution is -2.64. The third-order valence-corrected chi connectivity index (χ3v) is 5.82. The summed E-state index contributed by atoms with van der Waals surface area (Å²) < 4.78 is 11.3. The standard InChI is InChI=1S/C18H34N4O2.HI/c1-3-24-16-11-18(12-16,22-7-9-23-10-8-22)14-20-17(19)21-6-4-5-15(2)13-21;/h15-16H,3-14H2,1-2H3,(H2,19,20);1H. The largest absolute Gasteiger partial charge is 0.379 e. The normalized spacial score (nSPS) is 34.3. The maximum Gasteiger partial charge on any atom is 0.191 e. The summed E-state index contributed by atoms with van der Waals surface area (Å²) >= 11 is 0. The Morgan fingerprint density at radius 2 is 2.00 bits per heavy atom. The van der Waals surface area contributed by atoms with Gasteiger partial charge in [0.05, 0.1) is 25.9 Å². The van der Waals surface area contributed by atoms with E-state index in [-0.39, 0.29) is 29.5 Å². The zero-order valence-electron chi connectivity index (χ0n) is 15.8. The number of hydrogen-bond acceptors (Lipinski definition) is 4. The third-order valence-electron chi connectivity index (χ3n) is 5.82. The van der Waals surface area contributed by atoms with Crippen LogP contribution in [-0.4, -0.2) is 79.9 Å². The van der Waals surface area contributed by atoms with Crippen molar-refractivity contribution in [2.24, 2.45) is 16.6 Å². The van der Waals surface area contributed by atoms with E-state index in [0.717, 1.165) is 71.3 Å². The molecule has 0 aromatic carbocycles. The van der Waals surface area contributed by atoms with Crippen LogP contribution in [0, 0.1) is 5.92 Å². The number of piperidine rings is 1. The van der Waals surface area contributed by atoms with Crippen molar-refractivity contribution in [3.8, 4) is 0 Å². The number of rotatable bonds is 5. The Morgan fingerprint density at radius 1 is 1.28 bits per heavy atom. The average molecular weight is 466 g/mol. The number of guanidine groups is 1. The van der Waals surface area contributed by atoms with Crippen LogP contribution in [0.4, 0.5) is 0 Å². The van der Waals surface area contributed by atoms with E-state index in [9.17, 15) is 0 Å². The van der Waals surface area contributed by atoms with Crippen molar-refractivity contribution in [1.29, 1.82) is 0 Å². The molecule has 3 fully saturated rings. The summed E-state index contributed by atoms with van der Waals surface area (Å²) in [4.78, 5) is 9.65. The Bertz CT molecular complexity index is 437. The van der Waals surface area contributed by atoms with E-state index >= 15 is 0 Å². The third kappa shape index (κ3) is 5.20. The number of halogens is 1. The molecule has 1 atom stereocenters. The number of likely N-dealkylation sites (tertiary alicyclic amines) is 1. The molecule has 3 aliphatic rings. The Balaban J connectivity index is 0.00000225. The van der Waals surface area contributed by atoms with Gasteiger partial charge in [-0.25, -0.2) is 0 Å². The van der Waals surface area contributed by atoms with Crippen molar-refractivity contribution >= 4 is 29.9 Å². The van der Waals surface area contributed by atoms with Gasteiger partial charge in [-0.1, -0.05) is 6.92 Å². The molecular formula is C18H35IN4O2. The molecule has 7 heteroatoms. The van der Waals surface area contributed by atoms with Crippen molar-refractivity contribution in [2.75, 3.05) is 52.5 Å². The molecule has 0 radical (unpaired) electrons. The minimum atomic E-state index is 0. The molecule has 0 aromatic rings. The number of nitrogens with zero attached hydrogens (tertiary/aromatic N) is 3. The molecule has 2 heterocycles. The highest BCUT2D eigenvalue weighted by Gasteiger charge is 2.49. The molecular weight excluding hydrogens is 431 g/mol. The number of hydrogen-bond donors (Lipinski definition) is 1. The van der Waals surface area contributed by atoms with Gasteiger partial charge in [0.15, 0.2) is 5.96 Å². The van der Waals surface area contributed by atoms with Gasteiger partial charge >= 0.3 is 0 Å². The van der Waals surface area contributed by atoms with Crippen LogP contribution in [0.2, 0.25) is 0 Å². The van der Waals surface area contributed by atoms with Crippen LogP contribution in [-0.2, 0) is 9.47 Å². The molecule has 0 bridgehead atoms. The minimum absolute atomic E-state index is 0. The van der Waals surface area contributed by atoms with Gasteiger partial charge in [0.1, 0.15) is 0 Å². The first-order chi connectivity index (χ1) is 11.6. The number of nitrogens with two attached hydrogens (primary N) is 1. The van der Waals surface area contributed by atoms with Crippen LogP contribution in [0.5, 0.6) is 0 Å². The summed E-state index contributed by atoms with van der Waals surface area (Å²) in [5.41, 5.74) is 6.44. The number of morpholine rings is 1. The zero-order chi connectivity index (χ0) is 17.0. The SMILES string of the molecule is CCOC1CC(CN=C(N)N2CCCC(C)C2)(N2CCOCC2)C1.I. The van der Waals surface area contributed by atoms with Gasteiger partial charge < -0.3 is 20.1 Å². The Labute approximate surface area is 169 Å². The van der Waals surface area contributed by atoms with Gasteiger partial charge in [-0.15, -0.1) is 24.0 Å². The van der Waals surface area contributed by atoms with Crippen molar-refractivity contribution in [3.05, 3.63) is 0 Å². The van der Waals surface area contributed by atoms with Gasteiger partial charge in [-0.05, 0) is 38.5 Å². The monoisotopic (exact) mass is 466 g/mol. The van der Waals surface area contributed by atoms with Gasteiger partial charge in [0.25, 0.3) is 0 Å². The smallest absolute Gasteiger partial charge is 0.191 e. The van der Waals surface area contributed by atoms with Crippen LogP contribution in [0.25, 0.3) is 0 Å². The molecule has 2 N–H and O–H groups in total. The van der Waals surface area contributed by atoms with Crippen LogP contribution in [0.1, 0.15) is 39.5 Å². The molecule has 0 spiro atoms. The van der Waals surface area contributed by atoms with Crippen molar-refractivity contribution in [2.45, 2.75) is 51.2 Å². The Kier molecular flexibility index (Phi) is 8.23. The van der Waals surface area contributed by atoms with Gasteiger partial charge in [-0.3, -0.25) is 9.89 Å². The number of aliphatic imine (C=N–C) groups is 1. The fourth-order valence-electron chi connectivity index (χ4n) is 4.39.